The Morgan fingerprint density at radius 1 is 1.47 bits per heavy atom. The third-order valence-corrected chi connectivity index (χ3v) is 2.94. The lowest BCUT2D eigenvalue weighted by Crippen LogP contribution is -2.37. The van der Waals surface area contributed by atoms with E-state index in [4.69, 9.17) is 10.5 Å². The van der Waals surface area contributed by atoms with Crippen molar-refractivity contribution < 1.29 is 9.53 Å². The summed E-state index contributed by atoms with van der Waals surface area (Å²) in [5.41, 5.74) is 7.75. The van der Waals surface area contributed by atoms with Gasteiger partial charge in [-0.2, -0.15) is 0 Å². The molecule has 1 unspecified atom stereocenters. The van der Waals surface area contributed by atoms with E-state index in [9.17, 15) is 4.79 Å². The molecule has 0 heterocycles. The number of unbranched alkanes of at least 4 members (excludes halogenated alkanes) is 1. The van der Waals surface area contributed by atoms with E-state index < -0.39 is 6.10 Å². The molecule has 1 aromatic carbocycles. The first-order valence-electron chi connectivity index (χ1n) is 6.82. The molecule has 1 aromatic rings. The maximum absolute atomic E-state index is 11.8. The molecule has 4 heteroatoms. The Bertz CT molecular complexity index is 419. The zero-order valence-corrected chi connectivity index (χ0v) is 12.0. The number of nitrogens with two attached hydrogens (primary N) is 1. The Morgan fingerprint density at radius 2 is 2.21 bits per heavy atom. The van der Waals surface area contributed by atoms with Crippen LogP contribution in [-0.4, -0.2) is 18.6 Å². The van der Waals surface area contributed by atoms with Crippen LogP contribution in [0.5, 0.6) is 5.75 Å². The summed E-state index contributed by atoms with van der Waals surface area (Å²) in [5, 5.41) is 2.86. The number of nitrogens with one attached hydrogen (secondary N) is 1. The highest BCUT2D eigenvalue weighted by molar-refractivity contribution is 5.80. The summed E-state index contributed by atoms with van der Waals surface area (Å²) in [6, 6.07) is 5.81. The smallest absolute Gasteiger partial charge is 0.260 e. The van der Waals surface area contributed by atoms with Gasteiger partial charge in [0.05, 0.1) is 0 Å². The molecule has 1 atom stereocenters. The molecule has 1 amide bonds. The van der Waals surface area contributed by atoms with Crippen molar-refractivity contribution in [2.45, 2.75) is 46.3 Å². The van der Waals surface area contributed by atoms with Gasteiger partial charge in [-0.15, -0.1) is 0 Å². The fourth-order valence-corrected chi connectivity index (χ4v) is 1.76. The Hall–Kier alpha value is -1.55. The summed E-state index contributed by atoms with van der Waals surface area (Å²) in [4.78, 5) is 11.8. The standard InChI is InChI=1S/C15H24N2O2/c1-4-5-8-17-15(18)12(3)19-14-7-6-11(2)9-13(14)10-16/h6-7,9,12H,4-5,8,10,16H2,1-3H3,(H,17,18). The van der Waals surface area contributed by atoms with Gasteiger partial charge in [0.15, 0.2) is 6.10 Å². The van der Waals surface area contributed by atoms with Gasteiger partial charge in [0.25, 0.3) is 5.91 Å². The minimum atomic E-state index is -0.509. The molecule has 0 aliphatic heterocycles. The van der Waals surface area contributed by atoms with Crippen LogP contribution in [0.1, 0.15) is 37.8 Å². The minimum absolute atomic E-state index is 0.0861. The molecule has 19 heavy (non-hydrogen) atoms. The summed E-state index contributed by atoms with van der Waals surface area (Å²) >= 11 is 0. The van der Waals surface area contributed by atoms with Crippen LogP contribution in [0.25, 0.3) is 0 Å². The fourth-order valence-electron chi connectivity index (χ4n) is 1.76. The Kier molecular flexibility index (Phi) is 6.36. The lowest BCUT2D eigenvalue weighted by molar-refractivity contribution is -0.127. The summed E-state index contributed by atoms with van der Waals surface area (Å²) in [5.74, 6) is 0.600. The van der Waals surface area contributed by atoms with Gasteiger partial charge < -0.3 is 15.8 Å². The second kappa shape index (κ2) is 7.79. The number of carbonyl (C=O) groups excluding carboxylic acids is 1. The number of amides is 1. The number of aryl methyl sites for hydroxylation is 1. The highest BCUT2D eigenvalue weighted by Gasteiger charge is 2.15. The first-order chi connectivity index (χ1) is 9.08. The molecule has 0 saturated carbocycles. The third kappa shape index (κ3) is 4.91. The van der Waals surface area contributed by atoms with Gasteiger partial charge in [0.2, 0.25) is 0 Å². The molecule has 0 spiro atoms. The van der Waals surface area contributed by atoms with E-state index in [1.165, 1.54) is 0 Å². The lowest BCUT2D eigenvalue weighted by Gasteiger charge is -2.17. The normalized spacial score (nSPS) is 12.0. The topological polar surface area (TPSA) is 64.3 Å². The van der Waals surface area contributed by atoms with Crippen LogP contribution in [0.3, 0.4) is 0 Å². The van der Waals surface area contributed by atoms with Crippen LogP contribution in [0.15, 0.2) is 18.2 Å². The second-order valence-electron chi connectivity index (χ2n) is 4.72. The monoisotopic (exact) mass is 264 g/mol. The van der Waals surface area contributed by atoms with Gasteiger partial charge >= 0.3 is 0 Å². The van der Waals surface area contributed by atoms with Crippen molar-refractivity contribution in [3.05, 3.63) is 29.3 Å². The average molecular weight is 264 g/mol. The molecule has 0 bridgehead atoms. The summed E-state index contributed by atoms with van der Waals surface area (Å²) < 4.78 is 5.69. The highest BCUT2D eigenvalue weighted by Crippen LogP contribution is 2.20. The summed E-state index contributed by atoms with van der Waals surface area (Å²) in [6.07, 6.45) is 1.53. The van der Waals surface area contributed by atoms with Crippen molar-refractivity contribution >= 4 is 5.91 Å². The van der Waals surface area contributed by atoms with E-state index in [2.05, 4.69) is 12.2 Å². The van der Waals surface area contributed by atoms with Crippen molar-refractivity contribution in [1.82, 2.24) is 5.32 Å². The van der Waals surface area contributed by atoms with E-state index in [1.807, 2.05) is 25.1 Å². The Morgan fingerprint density at radius 3 is 2.84 bits per heavy atom. The number of rotatable bonds is 7. The maximum Gasteiger partial charge on any atom is 0.260 e. The van der Waals surface area contributed by atoms with Gasteiger partial charge in [0.1, 0.15) is 5.75 Å². The predicted octanol–water partition coefficient (Wildman–Crippen LogP) is 2.14. The van der Waals surface area contributed by atoms with Crippen LogP contribution in [0, 0.1) is 6.92 Å². The number of ether oxygens (including phenoxy) is 1. The van der Waals surface area contributed by atoms with Gasteiger partial charge in [-0.25, -0.2) is 0 Å². The van der Waals surface area contributed by atoms with Crippen LogP contribution >= 0.6 is 0 Å². The number of hydrogen-bond acceptors (Lipinski definition) is 3. The molecule has 0 aliphatic carbocycles. The van der Waals surface area contributed by atoms with Crippen LogP contribution in [0.4, 0.5) is 0 Å². The zero-order valence-electron chi connectivity index (χ0n) is 12.0. The molecule has 1 rings (SSSR count). The number of carbonyl (C=O) groups is 1. The number of hydrogen-bond donors (Lipinski definition) is 2. The quantitative estimate of drug-likeness (QED) is 0.742. The molecule has 106 valence electrons. The Balaban J connectivity index is 2.60. The van der Waals surface area contributed by atoms with E-state index in [0.717, 1.165) is 24.0 Å². The average Bonchev–Trinajstić information content (AvgIpc) is 2.40. The molecule has 0 radical (unpaired) electrons. The zero-order chi connectivity index (χ0) is 14.3. The molecule has 0 saturated heterocycles. The summed E-state index contributed by atoms with van der Waals surface area (Å²) in [6.45, 7) is 6.94. The van der Waals surface area contributed by atoms with Crippen LogP contribution < -0.4 is 15.8 Å². The van der Waals surface area contributed by atoms with Crippen molar-refractivity contribution in [2.75, 3.05) is 6.54 Å². The molecule has 0 aromatic heterocycles. The number of benzene rings is 1. The van der Waals surface area contributed by atoms with Crippen molar-refractivity contribution in [3.63, 3.8) is 0 Å². The van der Waals surface area contributed by atoms with Gasteiger partial charge in [-0.05, 0) is 26.3 Å². The molecular formula is C15H24N2O2. The second-order valence-corrected chi connectivity index (χ2v) is 4.72. The van der Waals surface area contributed by atoms with E-state index >= 15 is 0 Å². The predicted molar refractivity (Wildman–Crippen MR) is 77.1 cm³/mol. The Labute approximate surface area is 115 Å². The molecular weight excluding hydrogens is 240 g/mol. The van der Waals surface area contributed by atoms with Gasteiger partial charge in [-0.3, -0.25) is 4.79 Å². The molecule has 0 aliphatic rings. The van der Waals surface area contributed by atoms with Crippen molar-refractivity contribution in [1.29, 1.82) is 0 Å². The van der Waals surface area contributed by atoms with Crippen molar-refractivity contribution in [3.8, 4) is 5.75 Å². The minimum Gasteiger partial charge on any atom is -0.481 e. The van der Waals surface area contributed by atoms with Crippen molar-refractivity contribution in [2.24, 2.45) is 5.73 Å². The fraction of sp³-hybridized carbons (Fsp3) is 0.533. The SMILES string of the molecule is CCCCNC(=O)C(C)Oc1ccc(C)cc1CN. The molecule has 4 nitrogen and oxygen atoms in total. The maximum atomic E-state index is 11.8. The molecule has 0 fully saturated rings. The van der Waals surface area contributed by atoms with Gasteiger partial charge in [0, 0.05) is 18.7 Å². The first kappa shape index (κ1) is 15.5. The van der Waals surface area contributed by atoms with Gasteiger partial charge in [-0.1, -0.05) is 31.0 Å². The molecule has 3 N–H and O–H groups in total. The summed E-state index contributed by atoms with van der Waals surface area (Å²) in [7, 11) is 0. The lowest BCUT2D eigenvalue weighted by atomic mass is 10.1. The largest absolute Gasteiger partial charge is 0.481 e. The van der Waals surface area contributed by atoms with Crippen LogP contribution in [0.2, 0.25) is 0 Å². The highest BCUT2D eigenvalue weighted by atomic mass is 16.5. The van der Waals surface area contributed by atoms with E-state index in [-0.39, 0.29) is 5.91 Å². The van der Waals surface area contributed by atoms with Crippen LogP contribution in [-0.2, 0) is 11.3 Å². The first-order valence-corrected chi connectivity index (χ1v) is 6.82. The van der Waals surface area contributed by atoms with E-state index in [0.29, 0.717) is 18.8 Å². The third-order valence-electron chi connectivity index (χ3n) is 2.94. The van der Waals surface area contributed by atoms with E-state index in [1.54, 1.807) is 6.92 Å².